The van der Waals surface area contributed by atoms with Gasteiger partial charge in [0.05, 0.1) is 5.02 Å². The van der Waals surface area contributed by atoms with E-state index in [0.29, 0.717) is 10.8 Å². The van der Waals surface area contributed by atoms with E-state index in [1.54, 1.807) is 29.7 Å². The third kappa shape index (κ3) is 2.64. The number of halogens is 1. The molecule has 0 atom stereocenters. The molecule has 0 aliphatic rings. The van der Waals surface area contributed by atoms with Gasteiger partial charge in [0, 0.05) is 17.3 Å². The van der Waals surface area contributed by atoms with E-state index in [2.05, 4.69) is 23.0 Å². The molecule has 4 heteroatoms. The van der Waals surface area contributed by atoms with Gasteiger partial charge in [-0.25, -0.2) is 9.98 Å². The maximum Gasteiger partial charge on any atom is 0.151 e. The van der Waals surface area contributed by atoms with Crippen LogP contribution in [0.1, 0.15) is 10.4 Å². The number of rotatable bonds is 2. The molecule has 0 saturated heterocycles. The molecular weight excluding hydrogens is 228 g/mol. The van der Waals surface area contributed by atoms with Gasteiger partial charge in [-0.3, -0.25) is 0 Å². The predicted molar refractivity (Wildman–Crippen MR) is 65.6 cm³/mol. The third-order valence-electron chi connectivity index (χ3n) is 1.93. The smallest absolute Gasteiger partial charge is 0.151 e. The summed E-state index contributed by atoms with van der Waals surface area (Å²) in [6.45, 7) is 2.06. The lowest BCUT2D eigenvalue weighted by Crippen LogP contribution is -1.79. The molecular formula is C11H9ClN2S. The molecule has 0 aromatic carbocycles. The van der Waals surface area contributed by atoms with Crippen LogP contribution in [0.2, 0.25) is 5.02 Å². The van der Waals surface area contributed by atoms with Crippen LogP contribution in [0.4, 0.5) is 5.82 Å². The summed E-state index contributed by atoms with van der Waals surface area (Å²) in [4.78, 5) is 9.51. The standard InChI is InChI=1S/C11H9ClN2S/c1-8-4-5-15-10(8)7-14-11-3-2-9(12)6-13-11/h2-7H,1H3. The molecule has 0 N–H and O–H groups in total. The SMILES string of the molecule is Cc1ccsc1C=Nc1ccc(Cl)cn1. The van der Waals surface area contributed by atoms with Gasteiger partial charge in [0.15, 0.2) is 5.82 Å². The van der Waals surface area contributed by atoms with Crippen LogP contribution in [-0.2, 0) is 0 Å². The van der Waals surface area contributed by atoms with Gasteiger partial charge in [-0.15, -0.1) is 11.3 Å². The lowest BCUT2D eigenvalue weighted by molar-refractivity contribution is 1.28. The van der Waals surface area contributed by atoms with Crippen LogP contribution in [0, 0.1) is 6.92 Å². The zero-order valence-corrected chi connectivity index (χ0v) is 9.72. The van der Waals surface area contributed by atoms with Crippen molar-refractivity contribution in [3.63, 3.8) is 0 Å². The average Bonchev–Trinajstić information content (AvgIpc) is 2.63. The first-order valence-corrected chi connectivity index (χ1v) is 5.71. The molecule has 0 saturated carbocycles. The summed E-state index contributed by atoms with van der Waals surface area (Å²) in [6, 6.07) is 5.64. The van der Waals surface area contributed by atoms with Crippen molar-refractivity contribution in [3.8, 4) is 0 Å². The maximum absolute atomic E-state index is 5.72. The van der Waals surface area contributed by atoms with Crippen LogP contribution in [0.3, 0.4) is 0 Å². The minimum Gasteiger partial charge on any atom is -0.236 e. The van der Waals surface area contributed by atoms with Crippen molar-refractivity contribution in [2.75, 3.05) is 0 Å². The first-order valence-electron chi connectivity index (χ1n) is 4.45. The van der Waals surface area contributed by atoms with Gasteiger partial charge in [-0.2, -0.15) is 0 Å². The summed E-state index contributed by atoms with van der Waals surface area (Å²) in [5.74, 6) is 0.673. The molecule has 0 bridgehead atoms. The fourth-order valence-corrected chi connectivity index (χ4v) is 1.98. The van der Waals surface area contributed by atoms with Crippen LogP contribution in [0.25, 0.3) is 0 Å². The first kappa shape index (κ1) is 10.3. The largest absolute Gasteiger partial charge is 0.236 e. The normalized spacial score (nSPS) is 11.1. The molecule has 2 aromatic heterocycles. The molecule has 2 heterocycles. The number of aliphatic imine (C=N–C) groups is 1. The van der Waals surface area contributed by atoms with Crippen molar-refractivity contribution in [1.82, 2.24) is 4.98 Å². The maximum atomic E-state index is 5.72. The highest BCUT2D eigenvalue weighted by atomic mass is 35.5. The van der Waals surface area contributed by atoms with Gasteiger partial charge in [0.2, 0.25) is 0 Å². The molecule has 0 aliphatic carbocycles. The molecule has 0 unspecified atom stereocenters. The summed E-state index contributed by atoms with van der Waals surface area (Å²) < 4.78 is 0. The summed E-state index contributed by atoms with van der Waals surface area (Å²) in [5.41, 5.74) is 1.23. The van der Waals surface area contributed by atoms with Crippen molar-refractivity contribution in [2.45, 2.75) is 6.92 Å². The fourth-order valence-electron chi connectivity index (χ4n) is 1.09. The lowest BCUT2D eigenvalue weighted by atomic mass is 10.3. The summed E-state index contributed by atoms with van der Waals surface area (Å²) in [7, 11) is 0. The fraction of sp³-hybridized carbons (Fsp3) is 0.0909. The Labute approximate surface area is 97.3 Å². The molecule has 0 fully saturated rings. The quantitative estimate of drug-likeness (QED) is 0.727. The van der Waals surface area contributed by atoms with E-state index in [-0.39, 0.29) is 0 Å². The van der Waals surface area contributed by atoms with Crippen LogP contribution in [0.5, 0.6) is 0 Å². The van der Waals surface area contributed by atoms with Crippen molar-refractivity contribution in [3.05, 3.63) is 45.2 Å². The summed E-state index contributed by atoms with van der Waals surface area (Å²) in [6.07, 6.45) is 3.42. The first-order chi connectivity index (χ1) is 7.25. The van der Waals surface area contributed by atoms with Crippen LogP contribution in [0.15, 0.2) is 34.8 Å². The van der Waals surface area contributed by atoms with E-state index >= 15 is 0 Å². The number of aryl methyl sites for hydroxylation is 1. The van der Waals surface area contributed by atoms with Crippen molar-refractivity contribution in [2.24, 2.45) is 4.99 Å². The summed E-state index contributed by atoms with van der Waals surface area (Å²) in [5, 5.41) is 2.67. The minimum atomic E-state index is 0.626. The molecule has 2 nitrogen and oxygen atoms in total. The highest BCUT2D eigenvalue weighted by Gasteiger charge is 1.95. The van der Waals surface area contributed by atoms with Crippen LogP contribution in [-0.4, -0.2) is 11.2 Å². The van der Waals surface area contributed by atoms with E-state index in [0.717, 1.165) is 4.88 Å². The molecule has 0 amide bonds. The second kappa shape index (κ2) is 4.55. The molecule has 15 heavy (non-hydrogen) atoms. The Kier molecular flexibility index (Phi) is 3.14. The highest BCUT2D eigenvalue weighted by Crippen LogP contribution is 2.16. The Morgan fingerprint density at radius 3 is 2.87 bits per heavy atom. The van der Waals surface area contributed by atoms with E-state index in [4.69, 9.17) is 11.6 Å². The average molecular weight is 237 g/mol. The minimum absolute atomic E-state index is 0.626. The zero-order chi connectivity index (χ0) is 10.7. The molecule has 0 aliphatic heterocycles. The Hall–Kier alpha value is -1.19. The van der Waals surface area contributed by atoms with Gasteiger partial charge >= 0.3 is 0 Å². The number of nitrogens with zero attached hydrogens (tertiary/aromatic N) is 2. The molecule has 76 valence electrons. The molecule has 0 radical (unpaired) electrons. The van der Waals surface area contributed by atoms with Crippen LogP contribution >= 0.6 is 22.9 Å². The summed E-state index contributed by atoms with van der Waals surface area (Å²) >= 11 is 7.39. The molecule has 2 aromatic rings. The monoisotopic (exact) mass is 236 g/mol. The molecule has 2 rings (SSSR count). The van der Waals surface area contributed by atoms with Gasteiger partial charge in [0.25, 0.3) is 0 Å². The van der Waals surface area contributed by atoms with Gasteiger partial charge < -0.3 is 0 Å². The second-order valence-electron chi connectivity index (χ2n) is 3.06. The Bertz CT molecular complexity index is 474. The Morgan fingerprint density at radius 2 is 2.27 bits per heavy atom. The van der Waals surface area contributed by atoms with E-state index in [1.807, 2.05) is 11.6 Å². The lowest BCUT2D eigenvalue weighted by Gasteiger charge is -1.92. The van der Waals surface area contributed by atoms with Crippen molar-refractivity contribution < 1.29 is 0 Å². The van der Waals surface area contributed by atoms with E-state index < -0.39 is 0 Å². The van der Waals surface area contributed by atoms with Crippen molar-refractivity contribution >= 4 is 35.0 Å². The topological polar surface area (TPSA) is 25.2 Å². The zero-order valence-electron chi connectivity index (χ0n) is 8.14. The van der Waals surface area contributed by atoms with Gasteiger partial charge in [0.1, 0.15) is 0 Å². The predicted octanol–water partition coefficient (Wildman–Crippen LogP) is 3.86. The van der Waals surface area contributed by atoms with Crippen molar-refractivity contribution in [1.29, 1.82) is 0 Å². The van der Waals surface area contributed by atoms with E-state index in [1.165, 1.54) is 5.56 Å². The van der Waals surface area contributed by atoms with Crippen LogP contribution < -0.4 is 0 Å². The number of hydrogen-bond acceptors (Lipinski definition) is 3. The number of hydrogen-bond donors (Lipinski definition) is 0. The second-order valence-corrected chi connectivity index (χ2v) is 4.44. The van der Waals surface area contributed by atoms with E-state index in [9.17, 15) is 0 Å². The number of aromatic nitrogens is 1. The Balaban J connectivity index is 2.19. The third-order valence-corrected chi connectivity index (χ3v) is 3.10. The highest BCUT2D eigenvalue weighted by molar-refractivity contribution is 7.11. The Morgan fingerprint density at radius 1 is 1.40 bits per heavy atom. The van der Waals surface area contributed by atoms with Gasteiger partial charge in [-0.1, -0.05) is 11.6 Å². The van der Waals surface area contributed by atoms with Gasteiger partial charge in [-0.05, 0) is 36.1 Å². The molecule has 0 spiro atoms. The number of pyridine rings is 1. The number of thiophene rings is 1.